The fourth-order valence-corrected chi connectivity index (χ4v) is 1.63. The van der Waals surface area contributed by atoms with E-state index in [4.69, 9.17) is 4.74 Å². The molecule has 0 aliphatic carbocycles. The third-order valence-electron chi connectivity index (χ3n) is 2.71. The number of azo groups is 1. The van der Waals surface area contributed by atoms with Crippen molar-refractivity contribution < 1.29 is 4.74 Å². The molecular weight excluding hydrogens is 238 g/mol. The van der Waals surface area contributed by atoms with Crippen molar-refractivity contribution in [3.05, 3.63) is 48.5 Å². The summed E-state index contributed by atoms with van der Waals surface area (Å²) >= 11 is 0. The molecule has 0 fully saturated rings. The highest BCUT2D eigenvalue weighted by Crippen LogP contribution is 2.32. The van der Waals surface area contributed by atoms with E-state index in [0.29, 0.717) is 5.75 Å². The highest BCUT2D eigenvalue weighted by Gasteiger charge is 2.04. The van der Waals surface area contributed by atoms with Gasteiger partial charge in [-0.05, 0) is 24.3 Å². The van der Waals surface area contributed by atoms with Crippen LogP contribution in [0.2, 0.25) is 0 Å². The molecule has 0 saturated carbocycles. The third-order valence-corrected chi connectivity index (χ3v) is 2.71. The van der Waals surface area contributed by atoms with Gasteiger partial charge in [0.2, 0.25) is 0 Å². The number of benzene rings is 2. The predicted octanol–water partition coefficient (Wildman–Crippen LogP) is 4.18. The molecule has 0 aliphatic heterocycles. The van der Waals surface area contributed by atoms with Gasteiger partial charge in [-0.15, -0.1) is 5.11 Å². The molecule has 19 heavy (non-hydrogen) atoms. The highest BCUT2D eigenvalue weighted by molar-refractivity contribution is 5.61. The molecule has 0 N–H and O–H groups in total. The summed E-state index contributed by atoms with van der Waals surface area (Å²) in [5, 5.41) is 8.42. The molecule has 2 rings (SSSR count). The Kier molecular flexibility index (Phi) is 4.13. The zero-order valence-electron chi connectivity index (χ0n) is 11.4. The lowest BCUT2D eigenvalue weighted by Gasteiger charge is -2.14. The van der Waals surface area contributed by atoms with Crippen LogP contribution in [0, 0.1) is 0 Å². The first-order valence-corrected chi connectivity index (χ1v) is 6.03. The zero-order chi connectivity index (χ0) is 13.7. The normalized spacial score (nSPS) is 10.7. The fraction of sp³-hybridized carbons (Fsp3) is 0.200. The maximum absolute atomic E-state index is 5.34. The third kappa shape index (κ3) is 3.31. The lowest BCUT2D eigenvalue weighted by molar-refractivity contribution is 0.416. The van der Waals surface area contributed by atoms with E-state index in [1.165, 1.54) is 0 Å². The van der Waals surface area contributed by atoms with Gasteiger partial charge in [-0.3, -0.25) is 0 Å². The van der Waals surface area contributed by atoms with Gasteiger partial charge in [0.1, 0.15) is 11.4 Å². The molecular formula is C15H17N3O. The van der Waals surface area contributed by atoms with E-state index in [1.807, 2.05) is 67.5 Å². The molecule has 4 nitrogen and oxygen atoms in total. The average molecular weight is 255 g/mol. The Hall–Kier alpha value is -2.36. The van der Waals surface area contributed by atoms with Crippen LogP contribution < -0.4 is 9.64 Å². The van der Waals surface area contributed by atoms with Crippen LogP contribution in [0.25, 0.3) is 0 Å². The smallest absolute Gasteiger partial charge is 0.148 e. The Morgan fingerprint density at radius 1 is 0.947 bits per heavy atom. The highest BCUT2D eigenvalue weighted by atomic mass is 16.5. The minimum absolute atomic E-state index is 0.714. The van der Waals surface area contributed by atoms with Crippen molar-refractivity contribution in [3.63, 3.8) is 0 Å². The first-order chi connectivity index (χ1) is 9.20. The molecule has 2 aromatic rings. The topological polar surface area (TPSA) is 37.2 Å². The predicted molar refractivity (Wildman–Crippen MR) is 77.9 cm³/mol. The van der Waals surface area contributed by atoms with E-state index in [1.54, 1.807) is 7.11 Å². The second kappa shape index (κ2) is 6.00. The molecule has 2 aromatic carbocycles. The maximum Gasteiger partial charge on any atom is 0.148 e. The van der Waals surface area contributed by atoms with Crippen molar-refractivity contribution in [1.29, 1.82) is 0 Å². The molecule has 0 aromatic heterocycles. The molecule has 0 aliphatic rings. The lowest BCUT2D eigenvalue weighted by atomic mass is 10.2. The largest absolute Gasteiger partial charge is 0.494 e. The summed E-state index contributed by atoms with van der Waals surface area (Å²) in [4.78, 5) is 2.01. The maximum atomic E-state index is 5.34. The average Bonchev–Trinajstić information content (AvgIpc) is 2.45. The Morgan fingerprint density at radius 2 is 1.68 bits per heavy atom. The Balaban J connectivity index is 2.28. The van der Waals surface area contributed by atoms with Crippen LogP contribution in [0.5, 0.6) is 5.75 Å². The summed E-state index contributed by atoms with van der Waals surface area (Å²) in [6.07, 6.45) is 0. The standard InChI is InChI=1S/C15H17N3O/c1-18(2)13-9-10-14(15(11-13)19-3)17-16-12-7-5-4-6-8-12/h4-11H,1-3H3. The van der Waals surface area contributed by atoms with Gasteiger partial charge in [0, 0.05) is 25.8 Å². The van der Waals surface area contributed by atoms with Crippen molar-refractivity contribution in [2.45, 2.75) is 0 Å². The number of hydrogen-bond donors (Lipinski definition) is 0. The van der Waals surface area contributed by atoms with Crippen molar-refractivity contribution in [3.8, 4) is 5.75 Å². The summed E-state index contributed by atoms with van der Waals surface area (Å²) in [5.41, 5.74) is 2.61. The second-order valence-corrected chi connectivity index (χ2v) is 4.29. The number of anilines is 1. The van der Waals surface area contributed by atoms with Crippen LogP contribution in [0.1, 0.15) is 0 Å². The van der Waals surface area contributed by atoms with Crippen molar-refractivity contribution in [2.75, 3.05) is 26.1 Å². The number of ether oxygens (including phenoxy) is 1. The van der Waals surface area contributed by atoms with E-state index < -0.39 is 0 Å². The van der Waals surface area contributed by atoms with Gasteiger partial charge >= 0.3 is 0 Å². The molecule has 4 heteroatoms. The first-order valence-electron chi connectivity index (χ1n) is 6.03. The molecule has 0 atom stereocenters. The summed E-state index contributed by atoms with van der Waals surface area (Å²) in [6, 6.07) is 15.5. The molecule has 0 unspecified atom stereocenters. The quantitative estimate of drug-likeness (QED) is 0.769. The Morgan fingerprint density at radius 3 is 2.32 bits per heavy atom. The lowest BCUT2D eigenvalue weighted by Crippen LogP contribution is -2.08. The van der Waals surface area contributed by atoms with Gasteiger partial charge in [-0.1, -0.05) is 18.2 Å². The van der Waals surface area contributed by atoms with Crippen LogP contribution in [0.3, 0.4) is 0 Å². The van der Waals surface area contributed by atoms with Crippen LogP contribution in [-0.4, -0.2) is 21.2 Å². The van der Waals surface area contributed by atoms with E-state index in [-0.39, 0.29) is 0 Å². The molecule has 0 bridgehead atoms. The van der Waals surface area contributed by atoms with E-state index >= 15 is 0 Å². The molecule has 0 spiro atoms. The molecule has 0 amide bonds. The molecule has 98 valence electrons. The van der Waals surface area contributed by atoms with Crippen molar-refractivity contribution in [1.82, 2.24) is 0 Å². The molecule has 0 saturated heterocycles. The zero-order valence-corrected chi connectivity index (χ0v) is 11.4. The van der Waals surface area contributed by atoms with Crippen LogP contribution >= 0.6 is 0 Å². The minimum Gasteiger partial charge on any atom is -0.494 e. The van der Waals surface area contributed by atoms with Gasteiger partial charge < -0.3 is 9.64 Å². The van der Waals surface area contributed by atoms with Crippen molar-refractivity contribution in [2.24, 2.45) is 10.2 Å². The molecule has 0 heterocycles. The summed E-state index contributed by atoms with van der Waals surface area (Å²) in [7, 11) is 5.61. The monoisotopic (exact) mass is 255 g/mol. The van der Waals surface area contributed by atoms with Crippen molar-refractivity contribution >= 4 is 17.1 Å². The first kappa shape index (κ1) is 13.1. The van der Waals surface area contributed by atoms with Gasteiger partial charge in [-0.2, -0.15) is 5.11 Å². The number of methoxy groups -OCH3 is 1. The van der Waals surface area contributed by atoms with Crippen LogP contribution in [0.15, 0.2) is 58.8 Å². The summed E-state index contributed by atoms with van der Waals surface area (Å²) < 4.78 is 5.34. The van der Waals surface area contributed by atoms with E-state index in [2.05, 4.69) is 10.2 Å². The SMILES string of the molecule is COc1cc(N(C)C)ccc1N=Nc1ccccc1. The number of rotatable bonds is 4. The Labute approximate surface area is 113 Å². The van der Waals surface area contributed by atoms with E-state index in [0.717, 1.165) is 17.1 Å². The fourth-order valence-electron chi connectivity index (χ4n) is 1.63. The number of hydrogen-bond acceptors (Lipinski definition) is 4. The van der Waals surface area contributed by atoms with Gasteiger partial charge in [0.15, 0.2) is 0 Å². The molecule has 0 radical (unpaired) electrons. The van der Waals surface area contributed by atoms with Crippen LogP contribution in [-0.2, 0) is 0 Å². The minimum atomic E-state index is 0.714. The van der Waals surface area contributed by atoms with Gasteiger partial charge in [-0.25, -0.2) is 0 Å². The van der Waals surface area contributed by atoms with Gasteiger partial charge in [0.05, 0.1) is 12.8 Å². The van der Waals surface area contributed by atoms with Gasteiger partial charge in [0.25, 0.3) is 0 Å². The van der Waals surface area contributed by atoms with E-state index in [9.17, 15) is 0 Å². The summed E-state index contributed by atoms with van der Waals surface area (Å²) in [6.45, 7) is 0. The Bertz CT molecular complexity index is 565. The van der Waals surface area contributed by atoms with Crippen LogP contribution in [0.4, 0.5) is 17.1 Å². The number of nitrogens with zero attached hydrogens (tertiary/aromatic N) is 3. The summed E-state index contributed by atoms with van der Waals surface area (Å²) in [5.74, 6) is 0.714. The second-order valence-electron chi connectivity index (χ2n) is 4.29.